The van der Waals surface area contributed by atoms with Crippen LogP contribution in [0, 0.1) is 0 Å². The van der Waals surface area contributed by atoms with Crippen LogP contribution in [0.4, 0.5) is 0 Å². The molecule has 0 aromatic heterocycles. The molecule has 1 saturated carbocycles. The third-order valence-electron chi connectivity index (χ3n) is 7.00. The van der Waals surface area contributed by atoms with Crippen molar-refractivity contribution >= 4 is 11.8 Å². The zero-order valence-electron chi connectivity index (χ0n) is 18.7. The predicted octanol–water partition coefficient (Wildman–Crippen LogP) is 2.04. The lowest BCUT2D eigenvalue weighted by Gasteiger charge is -2.37. The fourth-order valence-corrected chi connectivity index (χ4v) is 5.02. The first-order valence-corrected chi connectivity index (χ1v) is 11.8. The Kier molecular flexibility index (Phi) is 7.45. The monoisotopic (exact) mass is 428 g/mol. The Bertz CT molecular complexity index is 757. The minimum absolute atomic E-state index is 0.0201. The average molecular weight is 429 g/mol. The number of benzene rings is 1. The third kappa shape index (κ3) is 5.77. The van der Waals surface area contributed by atoms with Crippen molar-refractivity contribution in [2.75, 3.05) is 52.9 Å². The maximum absolute atomic E-state index is 12.7. The molecule has 0 bridgehead atoms. The Labute approximate surface area is 185 Å². The van der Waals surface area contributed by atoms with Crippen LogP contribution >= 0.6 is 0 Å². The van der Waals surface area contributed by atoms with E-state index in [2.05, 4.69) is 15.1 Å². The summed E-state index contributed by atoms with van der Waals surface area (Å²) in [6.45, 7) is 4.82. The number of rotatable bonds is 6. The van der Waals surface area contributed by atoms with E-state index < -0.39 is 0 Å². The SMILES string of the molecule is CN(C(=O)CN1CCN(CC(=O)NC2CCOc3ccccc32)CC1)C1CCCCC1. The zero-order chi connectivity index (χ0) is 21.6. The highest BCUT2D eigenvalue weighted by atomic mass is 16.5. The second-order valence-electron chi connectivity index (χ2n) is 9.14. The zero-order valence-corrected chi connectivity index (χ0v) is 18.7. The van der Waals surface area contributed by atoms with Gasteiger partial charge in [0.05, 0.1) is 25.7 Å². The van der Waals surface area contributed by atoms with E-state index in [0.717, 1.165) is 56.8 Å². The molecule has 170 valence electrons. The molecule has 2 fully saturated rings. The molecule has 2 heterocycles. The van der Waals surface area contributed by atoms with E-state index in [1.54, 1.807) is 0 Å². The van der Waals surface area contributed by atoms with Gasteiger partial charge >= 0.3 is 0 Å². The van der Waals surface area contributed by atoms with Gasteiger partial charge in [-0.15, -0.1) is 0 Å². The molecule has 1 aromatic rings. The molecule has 3 aliphatic rings. The summed E-state index contributed by atoms with van der Waals surface area (Å²) in [4.78, 5) is 31.7. The number of fused-ring (bicyclic) bond motifs is 1. The third-order valence-corrected chi connectivity index (χ3v) is 7.00. The largest absolute Gasteiger partial charge is 0.493 e. The average Bonchev–Trinajstić information content (AvgIpc) is 2.80. The fourth-order valence-electron chi connectivity index (χ4n) is 5.02. The van der Waals surface area contributed by atoms with Crippen LogP contribution in [0.2, 0.25) is 0 Å². The first-order chi connectivity index (χ1) is 15.1. The van der Waals surface area contributed by atoms with Crippen molar-refractivity contribution in [3.8, 4) is 5.75 Å². The lowest BCUT2D eigenvalue weighted by atomic mass is 9.94. The molecule has 7 heteroatoms. The van der Waals surface area contributed by atoms with Gasteiger partial charge < -0.3 is 15.0 Å². The molecule has 2 aliphatic heterocycles. The summed E-state index contributed by atoms with van der Waals surface area (Å²) >= 11 is 0. The summed E-state index contributed by atoms with van der Waals surface area (Å²) in [6.07, 6.45) is 6.86. The predicted molar refractivity (Wildman–Crippen MR) is 120 cm³/mol. The molecule has 7 nitrogen and oxygen atoms in total. The van der Waals surface area contributed by atoms with Gasteiger partial charge in [0.15, 0.2) is 0 Å². The lowest BCUT2D eigenvalue weighted by molar-refractivity contribution is -0.134. The van der Waals surface area contributed by atoms with Crippen molar-refractivity contribution in [1.82, 2.24) is 20.0 Å². The standard InChI is InChI=1S/C24H36N4O3/c1-26(19-7-3-2-4-8-19)24(30)18-28-14-12-27(13-15-28)17-23(29)25-21-11-16-31-22-10-6-5-9-20(21)22/h5-6,9-10,19,21H,2-4,7-8,11-18H2,1H3,(H,25,29). The van der Waals surface area contributed by atoms with Crippen molar-refractivity contribution in [3.05, 3.63) is 29.8 Å². The van der Waals surface area contributed by atoms with E-state index in [1.165, 1.54) is 19.3 Å². The van der Waals surface area contributed by atoms with Gasteiger partial charge in [0.25, 0.3) is 0 Å². The molecule has 0 radical (unpaired) electrons. The Hall–Kier alpha value is -2.12. The van der Waals surface area contributed by atoms with Crippen molar-refractivity contribution in [2.45, 2.75) is 50.6 Å². The second-order valence-corrected chi connectivity index (χ2v) is 9.14. The molecule has 1 saturated heterocycles. The normalized spacial score (nSPS) is 22.9. The van der Waals surface area contributed by atoms with E-state index in [0.29, 0.717) is 25.7 Å². The van der Waals surface area contributed by atoms with Crippen LogP contribution in [0.5, 0.6) is 5.75 Å². The molecule has 2 amide bonds. The van der Waals surface area contributed by atoms with Crippen molar-refractivity contribution in [1.29, 1.82) is 0 Å². The number of likely N-dealkylation sites (N-methyl/N-ethyl adjacent to an activating group) is 1. The van der Waals surface area contributed by atoms with Crippen molar-refractivity contribution in [2.24, 2.45) is 0 Å². The van der Waals surface area contributed by atoms with Crippen LogP contribution in [0.3, 0.4) is 0 Å². The molecular formula is C24H36N4O3. The van der Waals surface area contributed by atoms with Gasteiger partial charge in [0.2, 0.25) is 11.8 Å². The molecule has 1 atom stereocenters. The molecule has 0 spiro atoms. The molecule has 1 aliphatic carbocycles. The highest BCUT2D eigenvalue weighted by Crippen LogP contribution is 2.31. The van der Waals surface area contributed by atoms with E-state index in [4.69, 9.17) is 4.74 Å². The van der Waals surface area contributed by atoms with Crippen LogP contribution in [0.15, 0.2) is 24.3 Å². The van der Waals surface area contributed by atoms with E-state index in [-0.39, 0.29) is 17.9 Å². The lowest BCUT2D eigenvalue weighted by Crippen LogP contribution is -2.52. The number of carbonyl (C=O) groups excluding carboxylic acids is 2. The number of hydrogen-bond donors (Lipinski definition) is 1. The minimum atomic E-state index is 0.0201. The van der Waals surface area contributed by atoms with Crippen LogP contribution in [0.25, 0.3) is 0 Å². The number of carbonyl (C=O) groups is 2. The summed E-state index contributed by atoms with van der Waals surface area (Å²) in [7, 11) is 1.97. The summed E-state index contributed by atoms with van der Waals surface area (Å²) in [5, 5.41) is 3.18. The Morgan fingerprint density at radius 2 is 1.68 bits per heavy atom. The van der Waals surface area contributed by atoms with E-state index >= 15 is 0 Å². The molecular weight excluding hydrogens is 392 g/mol. The van der Waals surface area contributed by atoms with Gasteiger partial charge in [-0.25, -0.2) is 0 Å². The number of piperazine rings is 1. The highest BCUT2D eigenvalue weighted by Gasteiger charge is 2.27. The second kappa shape index (κ2) is 10.5. The Balaban J connectivity index is 1.19. The van der Waals surface area contributed by atoms with E-state index in [1.807, 2.05) is 36.2 Å². The quantitative estimate of drug-likeness (QED) is 0.751. The van der Waals surface area contributed by atoms with Gasteiger partial charge in [-0.05, 0) is 18.9 Å². The maximum Gasteiger partial charge on any atom is 0.236 e. The number of para-hydroxylation sites is 1. The van der Waals surface area contributed by atoms with Gasteiger partial charge in [-0.1, -0.05) is 37.5 Å². The summed E-state index contributed by atoms with van der Waals surface area (Å²) in [6, 6.07) is 8.37. The van der Waals surface area contributed by atoms with Crippen LogP contribution in [-0.2, 0) is 9.59 Å². The van der Waals surface area contributed by atoms with Crippen LogP contribution < -0.4 is 10.1 Å². The van der Waals surface area contributed by atoms with Crippen LogP contribution in [0.1, 0.15) is 50.1 Å². The molecule has 1 aromatic carbocycles. The first-order valence-electron chi connectivity index (χ1n) is 11.8. The van der Waals surface area contributed by atoms with Gasteiger partial charge in [0.1, 0.15) is 5.75 Å². The van der Waals surface area contributed by atoms with Crippen molar-refractivity contribution < 1.29 is 14.3 Å². The highest BCUT2D eigenvalue weighted by molar-refractivity contribution is 5.79. The summed E-state index contributed by atoms with van der Waals surface area (Å²) in [5.41, 5.74) is 1.06. The van der Waals surface area contributed by atoms with Crippen molar-refractivity contribution in [3.63, 3.8) is 0 Å². The van der Waals surface area contributed by atoms with Gasteiger partial charge in [-0.2, -0.15) is 0 Å². The minimum Gasteiger partial charge on any atom is -0.493 e. The maximum atomic E-state index is 12.7. The number of ether oxygens (including phenoxy) is 1. The van der Waals surface area contributed by atoms with E-state index in [9.17, 15) is 9.59 Å². The molecule has 4 rings (SSSR count). The first kappa shape index (κ1) is 22.1. The molecule has 1 N–H and O–H groups in total. The van der Waals surface area contributed by atoms with Crippen LogP contribution in [-0.4, -0.2) is 85.5 Å². The number of amides is 2. The smallest absolute Gasteiger partial charge is 0.236 e. The number of nitrogens with one attached hydrogen (secondary N) is 1. The fraction of sp³-hybridized carbons (Fsp3) is 0.667. The number of hydrogen-bond acceptors (Lipinski definition) is 5. The summed E-state index contributed by atoms with van der Waals surface area (Å²) in [5.74, 6) is 1.16. The van der Waals surface area contributed by atoms with Gasteiger partial charge in [-0.3, -0.25) is 19.4 Å². The topological polar surface area (TPSA) is 65.1 Å². The molecule has 31 heavy (non-hydrogen) atoms. The Morgan fingerprint density at radius 3 is 2.42 bits per heavy atom. The summed E-state index contributed by atoms with van der Waals surface area (Å²) < 4.78 is 5.69. The number of nitrogens with zero attached hydrogens (tertiary/aromatic N) is 3. The van der Waals surface area contributed by atoms with Gasteiger partial charge in [0, 0.05) is 51.3 Å². The Morgan fingerprint density at radius 1 is 1.00 bits per heavy atom. The molecule has 1 unspecified atom stereocenters.